The molecule has 0 aliphatic rings. The molecule has 1 rings (SSSR count). The molecule has 2 N–H and O–H groups in total. The molecule has 1 amide bonds. The minimum Gasteiger partial charge on any atom is -0.481 e. The van der Waals surface area contributed by atoms with E-state index < -0.39 is 5.97 Å². The molecule has 0 unspecified atom stereocenters. The van der Waals surface area contributed by atoms with E-state index >= 15 is 0 Å². The number of amides is 1. The number of carboxylic acids is 1. The van der Waals surface area contributed by atoms with Crippen LogP contribution >= 0.6 is 0 Å². The van der Waals surface area contributed by atoms with E-state index in [4.69, 9.17) is 5.11 Å². The third-order valence-corrected chi connectivity index (χ3v) is 1.93. The molecule has 1 heterocycles. The number of carbonyl (C=O) groups excluding carboxylic acids is 1. The molecule has 0 saturated heterocycles. The van der Waals surface area contributed by atoms with Gasteiger partial charge in [-0.25, -0.2) is 0 Å². The number of hydrogen-bond acceptors (Lipinski definition) is 4. The van der Waals surface area contributed by atoms with E-state index in [2.05, 4.69) is 15.6 Å². The summed E-state index contributed by atoms with van der Waals surface area (Å²) in [6.45, 7) is 0.868. The SMILES string of the molecule is O=C(O)CCCNC(=O)CCn1ccnn1. The lowest BCUT2D eigenvalue weighted by Crippen LogP contribution is -2.25. The molecule has 0 saturated carbocycles. The predicted octanol–water partition coefficient (Wildman–Crippen LogP) is -0.351. The number of aromatic nitrogens is 3. The summed E-state index contributed by atoms with van der Waals surface area (Å²) >= 11 is 0. The smallest absolute Gasteiger partial charge is 0.303 e. The van der Waals surface area contributed by atoms with Gasteiger partial charge in [-0.15, -0.1) is 5.10 Å². The number of carbonyl (C=O) groups is 2. The van der Waals surface area contributed by atoms with Gasteiger partial charge in [-0.3, -0.25) is 14.3 Å². The predicted molar refractivity (Wildman–Crippen MR) is 54.5 cm³/mol. The standard InChI is InChI=1S/C9H14N4O3/c14-8(10-4-1-2-9(15)16)3-6-13-7-5-11-12-13/h5,7H,1-4,6H2,(H,10,14)(H,15,16). The van der Waals surface area contributed by atoms with Crippen molar-refractivity contribution in [3.8, 4) is 0 Å². The summed E-state index contributed by atoms with van der Waals surface area (Å²) in [4.78, 5) is 21.5. The lowest BCUT2D eigenvalue weighted by Gasteiger charge is -2.03. The fraction of sp³-hybridized carbons (Fsp3) is 0.556. The van der Waals surface area contributed by atoms with Crippen molar-refractivity contribution < 1.29 is 14.7 Å². The van der Waals surface area contributed by atoms with Gasteiger partial charge in [-0.2, -0.15) is 0 Å². The molecule has 0 spiro atoms. The molecule has 0 aliphatic carbocycles. The van der Waals surface area contributed by atoms with Gasteiger partial charge in [0.25, 0.3) is 0 Å². The van der Waals surface area contributed by atoms with Crippen LogP contribution in [0.1, 0.15) is 19.3 Å². The normalized spacial score (nSPS) is 10.0. The second-order valence-electron chi connectivity index (χ2n) is 3.26. The number of nitrogens with zero attached hydrogens (tertiary/aromatic N) is 3. The quantitative estimate of drug-likeness (QED) is 0.619. The summed E-state index contributed by atoms with van der Waals surface area (Å²) in [5.41, 5.74) is 0. The van der Waals surface area contributed by atoms with Crippen molar-refractivity contribution in [2.24, 2.45) is 0 Å². The van der Waals surface area contributed by atoms with Gasteiger partial charge < -0.3 is 10.4 Å². The van der Waals surface area contributed by atoms with E-state index in [0.29, 0.717) is 25.9 Å². The van der Waals surface area contributed by atoms with Crippen molar-refractivity contribution in [1.29, 1.82) is 0 Å². The van der Waals surface area contributed by atoms with Gasteiger partial charge in [0.1, 0.15) is 0 Å². The third kappa shape index (κ3) is 5.08. The maximum atomic E-state index is 11.3. The second kappa shape index (κ2) is 6.54. The minimum atomic E-state index is -0.850. The van der Waals surface area contributed by atoms with E-state index in [9.17, 15) is 9.59 Å². The molecule has 1 aromatic rings. The first-order chi connectivity index (χ1) is 7.68. The van der Waals surface area contributed by atoms with Crippen LogP contribution in [0.2, 0.25) is 0 Å². The summed E-state index contributed by atoms with van der Waals surface area (Å²) in [7, 11) is 0. The molecule has 0 radical (unpaired) electrons. The monoisotopic (exact) mass is 226 g/mol. The van der Waals surface area contributed by atoms with Crippen LogP contribution in [0.4, 0.5) is 0 Å². The lowest BCUT2D eigenvalue weighted by molar-refractivity contribution is -0.137. The zero-order chi connectivity index (χ0) is 11.8. The van der Waals surface area contributed by atoms with Gasteiger partial charge >= 0.3 is 5.97 Å². The zero-order valence-electron chi connectivity index (χ0n) is 8.80. The van der Waals surface area contributed by atoms with Gasteiger partial charge in [0, 0.05) is 25.6 Å². The first kappa shape index (κ1) is 12.2. The van der Waals surface area contributed by atoms with E-state index in [1.165, 1.54) is 0 Å². The topological polar surface area (TPSA) is 97.1 Å². The van der Waals surface area contributed by atoms with Gasteiger partial charge in [-0.1, -0.05) is 5.21 Å². The summed E-state index contributed by atoms with van der Waals surface area (Å²) < 4.78 is 1.57. The molecule has 0 bridgehead atoms. The number of rotatable bonds is 7. The minimum absolute atomic E-state index is 0.0728. The van der Waals surface area contributed by atoms with Crippen LogP contribution in [0.3, 0.4) is 0 Å². The van der Waals surface area contributed by atoms with Crippen molar-refractivity contribution >= 4 is 11.9 Å². The Balaban J connectivity index is 2.05. The van der Waals surface area contributed by atoms with Crippen LogP contribution < -0.4 is 5.32 Å². The van der Waals surface area contributed by atoms with Crippen LogP contribution in [0.25, 0.3) is 0 Å². The Kier molecular flexibility index (Phi) is 4.97. The van der Waals surface area contributed by atoms with Crippen molar-refractivity contribution in [2.75, 3.05) is 6.54 Å². The number of hydrogen-bond donors (Lipinski definition) is 2. The average Bonchev–Trinajstić information content (AvgIpc) is 2.74. The fourth-order valence-electron chi connectivity index (χ4n) is 1.12. The molecule has 0 fully saturated rings. The van der Waals surface area contributed by atoms with E-state index in [0.717, 1.165) is 0 Å². The molecule has 0 atom stereocenters. The summed E-state index contributed by atoms with van der Waals surface area (Å²) in [5.74, 6) is -0.960. The van der Waals surface area contributed by atoms with Gasteiger partial charge in [0.05, 0.1) is 12.7 Å². The Bertz CT molecular complexity index is 337. The largest absolute Gasteiger partial charge is 0.481 e. The number of nitrogens with one attached hydrogen (secondary N) is 1. The van der Waals surface area contributed by atoms with Crippen LogP contribution in [0.5, 0.6) is 0 Å². The molecule has 16 heavy (non-hydrogen) atoms. The molecule has 0 aromatic carbocycles. The van der Waals surface area contributed by atoms with E-state index in [-0.39, 0.29) is 12.3 Å². The Hall–Kier alpha value is -1.92. The van der Waals surface area contributed by atoms with Crippen LogP contribution in [-0.2, 0) is 16.1 Å². The van der Waals surface area contributed by atoms with Crippen molar-refractivity contribution in [3.63, 3.8) is 0 Å². The summed E-state index contributed by atoms with van der Waals surface area (Å²) in [6, 6.07) is 0. The molecular weight excluding hydrogens is 212 g/mol. The first-order valence-corrected chi connectivity index (χ1v) is 5.01. The molecule has 7 heteroatoms. The Labute approximate surface area is 92.4 Å². The number of carboxylic acid groups (broad SMARTS) is 1. The molecular formula is C9H14N4O3. The van der Waals surface area contributed by atoms with Gasteiger partial charge in [0.2, 0.25) is 5.91 Å². The Morgan fingerprint density at radius 1 is 1.38 bits per heavy atom. The maximum absolute atomic E-state index is 11.3. The van der Waals surface area contributed by atoms with Crippen LogP contribution in [0, 0.1) is 0 Å². The van der Waals surface area contributed by atoms with Crippen LogP contribution in [0.15, 0.2) is 12.4 Å². The zero-order valence-corrected chi connectivity index (χ0v) is 8.80. The van der Waals surface area contributed by atoms with Crippen molar-refractivity contribution in [3.05, 3.63) is 12.4 Å². The number of aliphatic carboxylic acids is 1. The van der Waals surface area contributed by atoms with E-state index in [1.807, 2.05) is 0 Å². The first-order valence-electron chi connectivity index (χ1n) is 5.01. The van der Waals surface area contributed by atoms with E-state index in [1.54, 1.807) is 17.1 Å². The lowest BCUT2D eigenvalue weighted by atomic mass is 10.3. The Morgan fingerprint density at radius 2 is 2.19 bits per heavy atom. The Morgan fingerprint density at radius 3 is 2.81 bits per heavy atom. The highest BCUT2D eigenvalue weighted by Gasteiger charge is 2.02. The highest BCUT2D eigenvalue weighted by molar-refractivity contribution is 5.75. The van der Waals surface area contributed by atoms with Crippen LogP contribution in [-0.4, -0.2) is 38.5 Å². The van der Waals surface area contributed by atoms with Crippen molar-refractivity contribution in [1.82, 2.24) is 20.3 Å². The molecule has 7 nitrogen and oxygen atoms in total. The second-order valence-corrected chi connectivity index (χ2v) is 3.26. The molecule has 88 valence electrons. The fourth-order valence-corrected chi connectivity index (χ4v) is 1.12. The summed E-state index contributed by atoms with van der Waals surface area (Å²) in [6.07, 6.45) is 4.06. The van der Waals surface area contributed by atoms with Gasteiger partial charge in [0.15, 0.2) is 0 Å². The summed E-state index contributed by atoms with van der Waals surface area (Å²) in [5, 5.41) is 18.3. The molecule has 1 aromatic heterocycles. The average molecular weight is 226 g/mol. The molecule has 0 aliphatic heterocycles. The number of aryl methyl sites for hydroxylation is 1. The highest BCUT2D eigenvalue weighted by atomic mass is 16.4. The third-order valence-electron chi connectivity index (χ3n) is 1.93. The highest BCUT2D eigenvalue weighted by Crippen LogP contribution is 1.90. The maximum Gasteiger partial charge on any atom is 0.303 e. The van der Waals surface area contributed by atoms with Gasteiger partial charge in [-0.05, 0) is 6.42 Å². The van der Waals surface area contributed by atoms with Crippen molar-refractivity contribution in [2.45, 2.75) is 25.8 Å².